The Balaban J connectivity index is 2.32. The van der Waals surface area contributed by atoms with Crippen molar-refractivity contribution in [3.05, 3.63) is 51.8 Å². The van der Waals surface area contributed by atoms with Crippen LogP contribution in [-0.2, 0) is 0 Å². The SMILES string of the molecule is O=C(Nc1c(Cl)cccc1C(=O)O)c1ccc(Cl)nn1. The summed E-state index contributed by atoms with van der Waals surface area (Å²) in [4.78, 5) is 23.0. The molecule has 0 atom stereocenters. The molecule has 0 unspecified atom stereocenters. The Morgan fingerprint density at radius 2 is 1.85 bits per heavy atom. The third-order valence-corrected chi connectivity index (χ3v) is 2.86. The molecule has 2 N–H and O–H groups in total. The molecule has 102 valence electrons. The number of carboxylic acids is 1. The molecule has 1 amide bonds. The van der Waals surface area contributed by atoms with Crippen LogP contribution in [0.15, 0.2) is 30.3 Å². The highest BCUT2D eigenvalue weighted by molar-refractivity contribution is 6.34. The van der Waals surface area contributed by atoms with Gasteiger partial charge in [-0.25, -0.2) is 4.79 Å². The maximum absolute atomic E-state index is 11.9. The lowest BCUT2D eigenvalue weighted by molar-refractivity contribution is 0.0698. The van der Waals surface area contributed by atoms with Gasteiger partial charge in [-0.15, -0.1) is 10.2 Å². The summed E-state index contributed by atoms with van der Waals surface area (Å²) in [6.45, 7) is 0. The summed E-state index contributed by atoms with van der Waals surface area (Å²) in [5.74, 6) is -1.84. The number of benzene rings is 1. The second-order valence-electron chi connectivity index (χ2n) is 3.66. The Kier molecular flexibility index (Phi) is 4.16. The molecule has 6 nitrogen and oxygen atoms in total. The number of carboxylic acid groups (broad SMARTS) is 1. The highest BCUT2D eigenvalue weighted by atomic mass is 35.5. The first kappa shape index (κ1) is 14.2. The van der Waals surface area contributed by atoms with Gasteiger partial charge in [-0.05, 0) is 24.3 Å². The number of carbonyl (C=O) groups is 2. The fourth-order valence-electron chi connectivity index (χ4n) is 1.44. The molecule has 2 rings (SSSR count). The second-order valence-corrected chi connectivity index (χ2v) is 4.46. The van der Waals surface area contributed by atoms with Crippen molar-refractivity contribution in [1.82, 2.24) is 10.2 Å². The molecular formula is C12H7Cl2N3O3. The first-order chi connectivity index (χ1) is 9.49. The monoisotopic (exact) mass is 311 g/mol. The lowest BCUT2D eigenvalue weighted by Gasteiger charge is -2.09. The molecule has 0 bridgehead atoms. The van der Waals surface area contributed by atoms with Crippen molar-refractivity contribution >= 4 is 40.8 Å². The standard InChI is InChI=1S/C12H7Cl2N3O3/c13-7-3-1-2-6(12(19)20)10(7)15-11(18)8-4-5-9(14)17-16-8/h1-5H,(H,15,18)(H,19,20). The average molecular weight is 312 g/mol. The van der Waals surface area contributed by atoms with Crippen LogP contribution in [0.2, 0.25) is 10.2 Å². The molecule has 1 heterocycles. The molecule has 0 aliphatic rings. The van der Waals surface area contributed by atoms with Gasteiger partial charge in [0, 0.05) is 0 Å². The highest BCUT2D eigenvalue weighted by Gasteiger charge is 2.17. The summed E-state index contributed by atoms with van der Waals surface area (Å²) < 4.78 is 0. The maximum Gasteiger partial charge on any atom is 0.337 e. The van der Waals surface area contributed by atoms with Crippen LogP contribution in [0.1, 0.15) is 20.8 Å². The normalized spacial score (nSPS) is 10.1. The van der Waals surface area contributed by atoms with Crippen molar-refractivity contribution in [2.24, 2.45) is 0 Å². The molecule has 0 saturated heterocycles. The number of nitrogens with zero attached hydrogens (tertiary/aromatic N) is 2. The number of aromatic nitrogens is 2. The number of nitrogens with one attached hydrogen (secondary N) is 1. The third kappa shape index (κ3) is 3.04. The molecule has 0 spiro atoms. The first-order valence-electron chi connectivity index (χ1n) is 5.31. The highest BCUT2D eigenvalue weighted by Crippen LogP contribution is 2.26. The van der Waals surface area contributed by atoms with Crippen LogP contribution in [0.25, 0.3) is 0 Å². The van der Waals surface area contributed by atoms with Crippen molar-refractivity contribution in [2.45, 2.75) is 0 Å². The van der Waals surface area contributed by atoms with E-state index in [1.807, 2.05) is 0 Å². The molecule has 0 radical (unpaired) electrons. The van der Waals surface area contributed by atoms with Gasteiger partial charge in [-0.2, -0.15) is 0 Å². The summed E-state index contributed by atoms with van der Waals surface area (Å²) >= 11 is 11.5. The molecule has 0 fully saturated rings. The first-order valence-corrected chi connectivity index (χ1v) is 6.07. The van der Waals surface area contributed by atoms with E-state index in [1.165, 1.54) is 30.3 Å². The Labute approximate surface area is 123 Å². The summed E-state index contributed by atoms with van der Waals surface area (Å²) in [6.07, 6.45) is 0. The van der Waals surface area contributed by atoms with E-state index in [2.05, 4.69) is 15.5 Å². The topological polar surface area (TPSA) is 92.2 Å². The van der Waals surface area contributed by atoms with Crippen molar-refractivity contribution in [2.75, 3.05) is 5.32 Å². The van der Waals surface area contributed by atoms with E-state index < -0.39 is 11.9 Å². The van der Waals surface area contributed by atoms with Gasteiger partial charge < -0.3 is 10.4 Å². The van der Waals surface area contributed by atoms with Crippen LogP contribution < -0.4 is 5.32 Å². The van der Waals surface area contributed by atoms with Crippen LogP contribution in [0, 0.1) is 0 Å². The molecule has 8 heteroatoms. The smallest absolute Gasteiger partial charge is 0.337 e. The Bertz CT molecular complexity index is 674. The molecule has 0 aliphatic heterocycles. The molecule has 2 aromatic rings. The minimum atomic E-state index is -1.20. The number of hydrogen-bond donors (Lipinski definition) is 2. The van der Waals surface area contributed by atoms with Crippen molar-refractivity contribution in [3.63, 3.8) is 0 Å². The van der Waals surface area contributed by atoms with Crippen molar-refractivity contribution in [1.29, 1.82) is 0 Å². The van der Waals surface area contributed by atoms with Crippen molar-refractivity contribution in [3.8, 4) is 0 Å². The van der Waals surface area contributed by atoms with Gasteiger partial charge in [-0.1, -0.05) is 29.3 Å². The van der Waals surface area contributed by atoms with Crippen LogP contribution in [0.4, 0.5) is 5.69 Å². The second kappa shape index (κ2) is 5.85. The summed E-state index contributed by atoms with van der Waals surface area (Å²) in [6, 6.07) is 7.04. The summed E-state index contributed by atoms with van der Waals surface area (Å²) in [5.41, 5.74) is -0.123. The van der Waals surface area contributed by atoms with E-state index in [0.717, 1.165) is 0 Å². The van der Waals surface area contributed by atoms with Gasteiger partial charge in [0.05, 0.1) is 16.3 Å². The van der Waals surface area contributed by atoms with Gasteiger partial charge in [0.1, 0.15) is 0 Å². The van der Waals surface area contributed by atoms with Crippen LogP contribution in [0.5, 0.6) is 0 Å². The minimum absolute atomic E-state index is 0.00316. The summed E-state index contributed by atoms with van der Waals surface area (Å²) in [7, 11) is 0. The Hall–Kier alpha value is -2.18. The number of hydrogen-bond acceptors (Lipinski definition) is 4. The lowest BCUT2D eigenvalue weighted by atomic mass is 10.1. The molecule has 1 aromatic carbocycles. The predicted octanol–water partition coefficient (Wildman–Crippen LogP) is 2.73. The number of para-hydroxylation sites is 1. The quantitative estimate of drug-likeness (QED) is 0.909. The zero-order valence-electron chi connectivity index (χ0n) is 9.80. The largest absolute Gasteiger partial charge is 0.478 e. The number of amides is 1. The van der Waals surface area contributed by atoms with E-state index in [9.17, 15) is 9.59 Å². The number of aromatic carboxylic acids is 1. The molecule has 1 aromatic heterocycles. The molecular weight excluding hydrogens is 305 g/mol. The van der Waals surface area contributed by atoms with E-state index in [1.54, 1.807) is 0 Å². The average Bonchev–Trinajstić information content (AvgIpc) is 2.41. The van der Waals surface area contributed by atoms with Crippen LogP contribution in [0.3, 0.4) is 0 Å². The van der Waals surface area contributed by atoms with E-state index >= 15 is 0 Å². The van der Waals surface area contributed by atoms with E-state index in [-0.39, 0.29) is 27.1 Å². The maximum atomic E-state index is 11.9. The lowest BCUT2D eigenvalue weighted by Crippen LogP contribution is -2.17. The number of anilines is 1. The van der Waals surface area contributed by atoms with Gasteiger partial charge in [-0.3, -0.25) is 4.79 Å². The minimum Gasteiger partial charge on any atom is -0.478 e. The number of carbonyl (C=O) groups excluding carboxylic acids is 1. The number of rotatable bonds is 3. The van der Waals surface area contributed by atoms with E-state index in [4.69, 9.17) is 28.3 Å². The molecule has 0 saturated carbocycles. The zero-order chi connectivity index (χ0) is 14.7. The van der Waals surface area contributed by atoms with Crippen LogP contribution in [-0.4, -0.2) is 27.2 Å². The zero-order valence-corrected chi connectivity index (χ0v) is 11.3. The fraction of sp³-hybridized carbons (Fsp3) is 0. The van der Waals surface area contributed by atoms with Gasteiger partial charge >= 0.3 is 5.97 Å². The van der Waals surface area contributed by atoms with Gasteiger partial charge in [0.15, 0.2) is 10.8 Å². The Morgan fingerprint density at radius 1 is 1.10 bits per heavy atom. The third-order valence-electron chi connectivity index (χ3n) is 2.35. The van der Waals surface area contributed by atoms with Gasteiger partial charge in [0.2, 0.25) is 0 Å². The van der Waals surface area contributed by atoms with E-state index in [0.29, 0.717) is 0 Å². The Morgan fingerprint density at radius 3 is 2.45 bits per heavy atom. The predicted molar refractivity (Wildman–Crippen MR) is 73.4 cm³/mol. The summed E-state index contributed by atoms with van der Waals surface area (Å²) in [5, 5.41) is 18.8. The van der Waals surface area contributed by atoms with Gasteiger partial charge in [0.25, 0.3) is 5.91 Å². The van der Waals surface area contributed by atoms with Crippen LogP contribution >= 0.6 is 23.2 Å². The fourth-order valence-corrected chi connectivity index (χ4v) is 1.77. The molecule has 0 aliphatic carbocycles. The number of halogens is 2. The van der Waals surface area contributed by atoms with Crippen molar-refractivity contribution < 1.29 is 14.7 Å². The molecule has 20 heavy (non-hydrogen) atoms.